The van der Waals surface area contributed by atoms with Crippen LogP contribution in [0.5, 0.6) is 0 Å². The van der Waals surface area contributed by atoms with E-state index in [4.69, 9.17) is 0 Å². The maximum absolute atomic E-state index is 12.4. The highest BCUT2D eigenvalue weighted by atomic mass is 16.3. The van der Waals surface area contributed by atoms with Crippen molar-refractivity contribution in [2.75, 3.05) is 19.6 Å². The van der Waals surface area contributed by atoms with E-state index in [1.165, 1.54) is 10.9 Å². The monoisotopic (exact) mass is 329 g/mol. The smallest absolute Gasteiger partial charge is 0.237 e. The summed E-state index contributed by atoms with van der Waals surface area (Å²) in [5.74, 6) is 0.354. The number of rotatable bonds is 6. The minimum Gasteiger partial charge on any atom is -0.393 e. The second-order valence-corrected chi connectivity index (χ2v) is 6.86. The third-order valence-corrected chi connectivity index (χ3v) is 5.23. The van der Waals surface area contributed by atoms with E-state index in [0.29, 0.717) is 6.54 Å². The number of carbonyl (C=O) groups excluding carboxylic acids is 1. The Balaban J connectivity index is 1.49. The number of aliphatic hydroxyl groups excluding tert-OH is 1. The third-order valence-electron chi connectivity index (χ3n) is 5.23. The van der Waals surface area contributed by atoms with E-state index in [0.717, 1.165) is 31.4 Å². The molecule has 1 aromatic carbocycles. The number of nitrogens with one attached hydrogen (secondary N) is 2. The zero-order valence-electron chi connectivity index (χ0n) is 14.5. The summed E-state index contributed by atoms with van der Waals surface area (Å²) in [4.78, 5) is 17.8. The summed E-state index contributed by atoms with van der Waals surface area (Å²) in [6.07, 6.45) is 3.50. The molecule has 0 bridgehead atoms. The van der Waals surface area contributed by atoms with Gasteiger partial charge in [0.1, 0.15) is 0 Å². The number of para-hydroxylation sites is 1. The SMILES string of the molecule is CC(O)C1CCN(C(C)C(=O)NCCc2c[nH]c3ccccc23)C1. The van der Waals surface area contributed by atoms with Crippen molar-refractivity contribution in [3.8, 4) is 0 Å². The van der Waals surface area contributed by atoms with E-state index >= 15 is 0 Å². The number of benzene rings is 1. The number of hydrogen-bond acceptors (Lipinski definition) is 3. The second kappa shape index (κ2) is 7.36. The molecule has 5 nitrogen and oxygen atoms in total. The molecule has 1 aliphatic rings. The molecular weight excluding hydrogens is 302 g/mol. The first-order valence-corrected chi connectivity index (χ1v) is 8.81. The molecule has 0 radical (unpaired) electrons. The van der Waals surface area contributed by atoms with E-state index in [9.17, 15) is 9.90 Å². The largest absolute Gasteiger partial charge is 0.393 e. The predicted molar refractivity (Wildman–Crippen MR) is 95.8 cm³/mol. The van der Waals surface area contributed by atoms with Gasteiger partial charge in [0.2, 0.25) is 5.91 Å². The van der Waals surface area contributed by atoms with Gasteiger partial charge in [0, 0.05) is 30.2 Å². The van der Waals surface area contributed by atoms with Gasteiger partial charge in [-0.25, -0.2) is 0 Å². The molecular formula is C19H27N3O2. The molecule has 0 saturated carbocycles. The Morgan fingerprint density at radius 3 is 2.96 bits per heavy atom. The van der Waals surface area contributed by atoms with Crippen LogP contribution >= 0.6 is 0 Å². The first-order valence-electron chi connectivity index (χ1n) is 8.81. The molecule has 1 aliphatic heterocycles. The Kier molecular flexibility index (Phi) is 5.21. The molecule has 1 saturated heterocycles. The number of amides is 1. The van der Waals surface area contributed by atoms with Gasteiger partial charge < -0.3 is 15.4 Å². The van der Waals surface area contributed by atoms with Gasteiger partial charge in [0.15, 0.2) is 0 Å². The van der Waals surface area contributed by atoms with Crippen LogP contribution in [0.4, 0.5) is 0 Å². The van der Waals surface area contributed by atoms with Crippen LogP contribution in [0, 0.1) is 5.92 Å². The number of H-pyrrole nitrogens is 1. The molecule has 1 amide bonds. The van der Waals surface area contributed by atoms with Crippen molar-refractivity contribution in [1.82, 2.24) is 15.2 Å². The molecule has 130 valence electrons. The highest BCUT2D eigenvalue weighted by Crippen LogP contribution is 2.21. The Bertz CT molecular complexity index is 695. The summed E-state index contributed by atoms with van der Waals surface area (Å²) in [6, 6.07) is 8.07. The molecule has 1 aromatic heterocycles. The van der Waals surface area contributed by atoms with Gasteiger partial charge in [0.25, 0.3) is 0 Å². The van der Waals surface area contributed by atoms with Gasteiger partial charge in [-0.15, -0.1) is 0 Å². The summed E-state index contributed by atoms with van der Waals surface area (Å²) < 4.78 is 0. The molecule has 2 heterocycles. The van der Waals surface area contributed by atoms with Gasteiger partial charge in [-0.2, -0.15) is 0 Å². The molecule has 3 atom stereocenters. The number of carbonyl (C=O) groups is 1. The molecule has 3 unspecified atom stereocenters. The van der Waals surface area contributed by atoms with Gasteiger partial charge in [-0.1, -0.05) is 18.2 Å². The molecule has 5 heteroatoms. The molecule has 0 aliphatic carbocycles. The highest BCUT2D eigenvalue weighted by molar-refractivity contribution is 5.83. The number of aliphatic hydroxyl groups is 1. The maximum Gasteiger partial charge on any atom is 0.237 e. The normalized spacial score (nSPS) is 21.0. The molecule has 3 N–H and O–H groups in total. The highest BCUT2D eigenvalue weighted by Gasteiger charge is 2.31. The fraction of sp³-hybridized carbons (Fsp3) is 0.526. The van der Waals surface area contributed by atoms with Crippen LogP contribution in [0.15, 0.2) is 30.5 Å². The average molecular weight is 329 g/mol. The standard InChI is InChI=1S/C19H27N3O2/c1-13(22-10-8-16(12-22)14(2)23)19(24)20-9-7-15-11-21-18-6-4-3-5-17(15)18/h3-6,11,13-14,16,21,23H,7-10,12H2,1-2H3,(H,20,24). The fourth-order valence-corrected chi connectivity index (χ4v) is 3.53. The Morgan fingerprint density at radius 1 is 1.42 bits per heavy atom. The molecule has 1 fully saturated rings. The van der Waals surface area contributed by atoms with Gasteiger partial charge in [-0.3, -0.25) is 9.69 Å². The quantitative estimate of drug-likeness (QED) is 0.758. The minimum atomic E-state index is -0.299. The number of hydrogen-bond donors (Lipinski definition) is 3. The average Bonchev–Trinajstić information content (AvgIpc) is 3.21. The number of aromatic amines is 1. The summed E-state index contributed by atoms with van der Waals surface area (Å²) >= 11 is 0. The van der Waals surface area contributed by atoms with Crippen molar-refractivity contribution in [1.29, 1.82) is 0 Å². The number of likely N-dealkylation sites (tertiary alicyclic amines) is 1. The lowest BCUT2D eigenvalue weighted by molar-refractivity contribution is -0.125. The fourth-order valence-electron chi connectivity index (χ4n) is 3.53. The van der Waals surface area contributed by atoms with E-state index in [2.05, 4.69) is 27.3 Å². The Labute approximate surface area is 143 Å². The van der Waals surface area contributed by atoms with Crippen LogP contribution in [0.2, 0.25) is 0 Å². The van der Waals surface area contributed by atoms with Crippen molar-refractivity contribution in [2.45, 2.75) is 38.8 Å². The van der Waals surface area contributed by atoms with Gasteiger partial charge >= 0.3 is 0 Å². The number of nitrogens with zero attached hydrogens (tertiary/aromatic N) is 1. The van der Waals surface area contributed by atoms with Gasteiger partial charge in [0.05, 0.1) is 12.1 Å². The lowest BCUT2D eigenvalue weighted by atomic mass is 10.0. The van der Waals surface area contributed by atoms with Crippen molar-refractivity contribution < 1.29 is 9.90 Å². The van der Waals surface area contributed by atoms with Crippen LogP contribution in [-0.2, 0) is 11.2 Å². The van der Waals surface area contributed by atoms with Crippen LogP contribution < -0.4 is 5.32 Å². The topological polar surface area (TPSA) is 68.4 Å². The van der Waals surface area contributed by atoms with Crippen molar-refractivity contribution in [2.24, 2.45) is 5.92 Å². The van der Waals surface area contributed by atoms with Crippen LogP contribution in [0.1, 0.15) is 25.8 Å². The summed E-state index contributed by atoms with van der Waals surface area (Å²) in [7, 11) is 0. The Hall–Kier alpha value is -1.85. The minimum absolute atomic E-state index is 0.0704. The summed E-state index contributed by atoms with van der Waals surface area (Å²) in [6.45, 7) is 6.10. The number of fused-ring (bicyclic) bond motifs is 1. The van der Waals surface area contributed by atoms with E-state index < -0.39 is 0 Å². The lowest BCUT2D eigenvalue weighted by Crippen LogP contribution is -2.44. The van der Waals surface area contributed by atoms with Crippen molar-refractivity contribution >= 4 is 16.8 Å². The van der Waals surface area contributed by atoms with E-state index in [-0.39, 0.29) is 24.0 Å². The zero-order valence-corrected chi connectivity index (χ0v) is 14.5. The van der Waals surface area contributed by atoms with Crippen LogP contribution in [0.3, 0.4) is 0 Å². The number of aromatic nitrogens is 1. The lowest BCUT2D eigenvalue weighted by Gasteiger charge is -2.24. The van der Waals surface area contributed by atoms with Crippen LogP contribution in [-0.4, -0.2) is 52.7 Å². The summed E-state index contributed by atoms with van der Waals surface area (Å²) in [5, 5.41) is 14.0. The first-order chi connectivity index (χ1) is 11.6. The Morgan fingerprint density at radius 2 is 2.21 bits per heavy atom. The third kappa shape index (κ3) is 3.62. The van der Waals surface area contributed by atoms with Gasteiger partial charge in [-0.05, 0) is 50.8 Å². The van der Waals surface area contributed by atoms with Crippen molar-refractivity contribution in [3.63, 3.8) is 0 Å². The molecule has 2 aromatic rings. The first kappa shape index (κ1) is 17.0. The molecule has 0 spiro atoms. The summed E-state index contributed by atoms with van der Waals surface area (Å²) in [5.41, 5.74) is 2.36. The van der Waals surface area contributed by atoms with E-state index in [1.807, 2.05) is 32.2 Å². The van der Waals surface area contributed by atoms with Crippen LogP contribution in [0.25, 0.3) is 10.9 Å². The predicted octanol–water partition coefficient (Wildman–Crippen LogP) is 1.92. The van der Waals surface area contributed by atoms with E-state index in [1.54, 1.807) is 0 Å². The second-order valence-electron chi connectivity index (χ2n) is 6.86. The maximum atomic E-state index is 12.4. The zero-order chi connectivity index (χ0) is 17.1. The molecule has 24 heavy (non-hydrogen) atoms. The molecule has 3 rings (SSSR count). The van der Waals surface area contributed by atoms with Crippen molar-refractivity contribution in [3.05, 3.63) is 36.0 Å².